The van der Waals surface area contributed by atoms with E-state index in [4.69, 9.17) is 4.74 Å². The molecule has 0 saturated heterocycles. The number of thiazole rings is 1. The van der Waals surface area contributed by atoms with Crippen LogP contribution in [0, 0.1) is 0 Å². The fraction of sp³-hybridized carbons (Fsp3) is 0.375. The van der Waals surface area contributed by atoms with Gasteiger partial charge in [0.1, 0.15) is 0 Å². The lowest BCUT2D eigenvalue weighted by molar-refractivity contribution is 0.0520. The molecule has 1 aromatic carbocycles. The molecule has 5 heteroatoms. The molecular formula is C16H20N2O2S. The second kappa shape index (κ2) is 6.26. The van der Waals surface area contributed by atoms with E-state index in [-0.39, 0.29) is 11.4 Å². The molecule has 0 aliphatic rings. The number of hydrogen-bond donors (Lipinski definition) is 1. The average Bonchev–Trinajstić information content (AvgIpc) is 2.87. The number of carbonyl (C=O) groups excluding carboxylic acids is 1. The Bertz CT molecular complexity index is 629. The fourth-order valence-electron chi connectivity index (χ4n) is 1.99. The van der Waals surface area contributed by atoms with Crippen LogP contribution < -0.4 is 5.32 Å². The monoisotopic (exact) mass is 304 g/mol. The summed E-state index contributed by atoms with van der Waals surface area (Å²) in [6, 6.07) is 8.13. The minimum atomic E-state index is -0.383. The highest BCUT2D eigenvalue weighted by atomic mass is 32.1. The lowest BCUT2D eigenvalue weighted by Crippen LogP contribution is -2.13. The van der Waals surface area contributed by atoms with Crippen LogP contribution in [0.25, 0.3) is 0 Å². The van der Waals surface area contributed by atoms with E-state index < -0.39 is 0 Å². The predicted molar refractivity (Wildman–Crippen MR) is 86.5 cm³/mol. The molecule has 0 aliphatic heterocycles. The molecule has 0 spiro atoms. The molecule has 112 valence electrons. The first-order chi connectivity index (χ1) is 9.91. The van der Waals surface area contributed by atoms with Crippen molar-refractivity contribution >= 4 is 28.1 Å². The van der Waals surface area contributed by atoms with Crippen molar-refractivity contribution in [1.29, 1.82) is 0 Å². The number of para-hydroxylation sites is 1. The molecule has 0 saturated carbocycles. The lowest BCUT2D eigenvalue weighted by Gasteiger charge is -2.22. The molecule has 4 nitrogen and oxygen atoms in total. The Labute approximate surface area is 129 Å². The van der Waals surface area contributed by atoms with Crippen molar-refractivity contribution in [1.82, 2.24) is 4.98 Å². The SMILES string of the molecule is CCOC(=O)c1csc(Nc2ccccc2C(C)(C)C)n1. The molecular weight excluding hydrogens is 284 g/mol. The summed E-state index contributed by atoms with van der Waals surface area (Å²) in [7, 11) is 0. The molecule has 1 heterocycles. The van der Waals surface area contributed by atoms with Gasteiger partial charge in [-0.3, -0.25) is 0 Å². The van der Waals surface area contributed by atoms with Crippen molar-refractivity contribution in [2.45, 2.75) is 33.1 Å². The molecule has 0 fully saturated rings. The van der Waals surface area contributed by atoms with Crippen LogP contribution in [-0.4, -0.2) is 17.6 Å². The van der Waals surface area contributed by atoms with E-state index >= 15 is 0 Å². The third-order valence-corrected chi connectivity index (χ3v) is 3.72. The van der Waals surface area contributed by atoms with Gasteiger partial charge in [-0.25, -0.2) is 9.78 Å². The van der Waals surface area contributed by atoms with Crippen molar-refractivity contribution < 1.29 is 9.53 Å². The third-order valence-electron chi connectivity index (χ3n) is 2.97. The largest absolute Gasteiger partial charge is 0.461 e. The molecule has 1 N–H and O–H groups in total. The molecule has 21 heavy (non-hydrogen) atoms. The predicted octanol–water partition coefficient (Wildman–Crippen LogP) is 4.36. The summed E-state index contributed by atoms with van der Waals surface area (Å²) in [6.07, 6.45) is 0. The van der Waals surface area contributed by atoms with E-state index in [0.29, 0.717) is 17.4 Å². The van der Waals surface area contributed by atoms with Crippen molar-refractivity contribution in [2.75, 3.05) is 11.9 Å². The van der Waals surface area contributed by atoms with Crippen LogP contribution in [0.2, 0.25) is 0 Å². The standard InChI is InChI=1S/C16H20N2O2S/c1-5-20-14(19)13-10-21-15(18-13)17-12-9-7-6-8-11(12)16(2,3)4/h6-10H,5H2,1-4H3,(H,17,18). The first-order valence-electron chi connectivity index (χ1n) is 6.91. The molecule has 0 atom stereocenters. The summed E-state index contributed by atoms with van der Waals surface area (Å²) < 4.78 is 4.95. The number of nitrogens with one attached hydrogen (secondary N) is 1. The molecule has 2 rings (SSSR count). The summed E-state index contributed by atoms with van der Waals surface area (Å²) in [6.45, 7) is 8.63. The summed E-state index contributed by atoms with van der Waals surface area (Å²) in [5, 5.41) is 5.69. The number of aromatic nitrogens is 1. The Morgan fingerprint density at radius 1 is 1.33 bits per heavy atom. The number of ether oxygens (including phenoxy) is 1. The highest BCUT2D eigenvalue weighted by Gasteiger charge is 2.18. The zero-order valence-electron chi connectivity index (χ0n) is 12.8. The van der Waals surface area contributed by atoms with Crippen LogP contribution in [0.5, 0.6) is 0 Å². The van der Waals surface area contributed by atoms with Crippen molar-refractivity contribution in [3.63, 3.8) is 0 Å². The Morgan fingerprint density at radius 2 is 2.05 bits per heavy atom. The highest BCUT2D eigenvalue weighted by molar-refractivity contribution is 7.14. The Morgan fingerprint density at radius 3 is 2.71 bits per heavy atom. The van der Waals surface area contributed by atoms with Gasteiger partial charge in [-0.2, -0.15) is 0 Å². The summed E-state index contributed by atoms with van der Waals surface area (Å²) in [5.41, 5.74) is 2.59. The van der Waals surface area contributed by atoms with Crippen LogP contribution in [0.4, 0.5) is 10.8 Å². The van der Waals surface area contributed by atoms with Gasteiger partial charge in [-0.05, 0) is 24.0 Å². The van der Waals surface area contributed by atoms with Gasteiger partial charge >= 0.3 is 5.97 Å². The maximum absolute atomic E-state index is 11.6. The third kappa shape index (κ3) is 3.82. The molecule has 2 aromatic rings. The number of esters is 1. The topological polar surface area (TPSA) is 51.2 Å². The van der Waals surface area contributed by atoms with Gasteiger partial charge in [0, 0.05) is 11.1 Å². The van der Waals surface area contributed by atoms with Gasteiger partial charge in [0.15, 0.2) is 10.8 Å². The van der Waals surface area contributed by atoms with E-state index in [9.17, 15) is 4.79 Å². The Kier molecular flexibility index (Phi) is 4.63. The van der Waals surface area contributed by atoms with Crippen molar-refractivity contribution in [3.05, 3.63) is 40.9 Å². The second-order valence-corrected chi connectivity index (χ2v) is 6.54. The lowest BCUT2D eigenvalue weighted by atomic mass is 9.86. The Hall–Kier alpha value is -1.88. The van der Waals surface area contributed by atoms with Gasteiger partial charge in [0.05, 0.1) is 6.61 Å². The molecule has 0 amide bonds. The number of hydrogen-bond acceptors (Lipinski definition) is 5. The molecule has 0 aliphatic carbocycles. The van der Waals surface area contributed by atoms with E-state index in [2.05, 4.69) is 37.1 Å². The maximum Gasteiger partial charge on any atom is 0.357 e. The first kappa shape index (κ1) is 15.5. The quantitative estimate of drug-likeness (QED) is 0.853. The normalized spacial score (nSPS) is 11.2. The van der Waals surface area contributed by atoms with Gasteiger partial charge in [-0.1, -0.05) is 39.0 Å². The number of rotatable bonds is 4. The van der Waals surface area contributed by atoms with Gasteiger partial charge < -0.3 is 10.1 Å². The molecule has 0 radical (unpaired) electrons. The summed E-state index contributed by atoms with van der Waals surface area (Å²) in [4.78, 5) is 15.9. The zero-order valence-corrected chi connectivity index (χ0v) is 13.6. The van der Waals surface area contributed by atoms with Crippen LogP contribution in [0.15, 0.2) is 29.6 Å². The van der Waals surface area contributed by atoms with Gasteiger partial charge in [-0.15, -0.1) is 11.3 Å². The molecule has 0 unspecified atom stereocenters. The van der Waals surface area contributed by atoms with Crippen LogP contribution in [0.1, 0.15) is 43.7 Å². The van der Waals surface area contributed by atoms with Crippen LogP contribution in [0.3, 0.4) is 0 Å². The van der Waals surface area contributed by atoms with E-state index in [1.54, 1.807) is 12.3 Å². The average molecular weight is 304 g/mol. The minimum absolute atomic E-state index is 0.0326. The van der Waals surface area contributed by atoms with Crippen LogP contribution >= 0.6 is 11.3 Å². The number of benzene rings is 1. The number of anilines is 2. The number of carbonyl (C=O) groups is 1. The van der Waals surface area contributed by atoms with Crippen LogP contribution in [-0.2, 0) is 10.2 Å². The van der Waals surface area contributed by atoms with E-state index in [1.807, 2.05) is 18.2 Å². The van der Waals surface area contributed by atoms with Gasteiger partial charge in [0.2, 0.25) is 0 Å². The maximum atomic E-state index is 11.6. The highest BCUT2D eigenvalue weighted by Crippen LogP contribution is 2.32. The smallest absolute Gasteiger partial charge is 0.357 e. The minimum Gasteiger partial charge on any atom is -0.461 e. The fourth-order valence-corrected chi connectivity index (χ4v) is 2.68. The van der Waals surface area contributed by atoms with Gasteiger partial charge in [0.25, 0.3) is 0 Å². The summed E-state index contributed by atoms with van der Waals surface area (Å²) in [5.74, 6) is -0.383. The van der Waals surface area contributed by atoms with E-state index in [1.165, 1.54) is 16.9 Å². The zero-order chi connectivity index (χ0) is 15.5. The van der Waals surface area contributed by atoms with Crippen molar-refractivity contribution in [2.24, 2.45) is 0 Å². The van der Waals surface area contributed by atoms with E-state index in [0.717, 1.165) is 5.69 Å². The first-order valence-corrected chi connectivity index (χ1v) is 7.79. The summed E-state index contributed by atoms with van der Waals surface area (Å²) >= 11 is 1.39. The molecule has 1 aromatic heterocycles. The second-order valence-electron chi connectivity index (χ2n) is 5.68. The Balaban J connectivity index is 2.22. The van der Waals surface area contributed by atoms with Crippen molar-refractivity contribution in [3.8, 4) is 0 Å². The molecule has 0 bridgehead atoms. The number of nitrogens with zero attached hydrogens (tertiary/aromatic N) is 1.